The van der Waals surface area contributed by atoms with Crippen molar-refractivity contribution in [1.82, 2.24) is 5.32 Å². The van der Waals surface area contributed by atoms with Crippen LogP contribution in [0.5, 0.6) is 0 Å². The Morgan fingerprint density at radius 1 is 0.950 bits per heavy atom. The summed E-state index contributed by atoms with van der Waals surface area (Å²) in [6.07, 6.45) is 9.81. The van der Waals surface area contributed by atoms with Crippen LogP contribution >= 0.6 is 0 Å². The number of carboxylic acids is 1. The first kappa shape index (κ1) is 15.3. The van der Waals surface area contributed by atoms with Gasteiger partial charge in [0.1, 0.15) is 0 Å². The number of hydrogen-bond acceptors (Lipinski definition) is 2. The molecule has 2 saturated carbocycles. The Hall–Kier alpha value is -1.06. The van der Waals surface area contributed by atoms with Gasteiger partial charge in [0.2, 0.25) is 5.91 Å². The molecular formula is C16H27NO3. The molecule has 0 radical (unpaired) electrons. The van der Waals surface area contributed by atoms with E-state index >= 15 is 0 Å². The summed E-state index contributed by atoms with van der Waals surface area (Å²) in [4.78, 5) is 24.0. The predicted octanol–water partition coefficient (Wildman–Crippen LogP) is 3.25. The summed E-state index contributed by atoms with van der Waals surface area (Å²) < 4.78 is 0. The number of aliphatic carboxylic acids is 1. The van der Waals surface area contributed by atoms with Crippen LogP contribution in [-0.2, 0) is 9.59 Å². The highest BCUT2D eigenvalue weighted by Crippen LogP contribution is 2.39. The largest absolute Gasteiger partial charge is 0.481 e. The Labute approximate surface area is 121 Å². The topological polar surface area (TPSA) is 66.4 Å². The van der Waals surface area contributed by atoms with Gasteiger partial charge in [-0.3, -0.25) is 9.59 Å². The van der Waals surface area contributed by atoms with Crippen LogP contribution in [0.2, 0.25) is 0 Å². The standard InChI is InChI=1S/C16H27NO3/c1-15(8-6-7-9-15)17-13(18)12-16(14(19)20)10-4-2-3-5-11-16/h2-12H2,1H3,(H,17,18)(H,19,20). The van der Waals surface area contributed by atoms with Crippen molar-refractivity contribution in [2.24, 2.45) is 5.41 Å². The van der Waals surface area contributed by atoms with Crippen molar-refractivity contribution < 1.29 is 14.7 Å². The van der Waals surface area contributed by atoms with Crippen LogP contribution in [-0.4, -0.2) is 22.5 Å². The third-order valence-corrected chi connectivity index (χ3v) is 5.16. The summed E-state index contributed by atoms with van der Waals surface area (Å²) >= 11 is 0. The average molecular weight is 281 g/mol. The van der Waals surface area contributed by atoms with E-state index in [2.05, 4.69) is 12.2 Å². The van der Waals surface area contributed by atoms with Crippen LogP contribution in [0.15, 0.2) is 0 Å². The molecule has 0 unspecified atom stereocenters. The van der Waals surface area contributed by atoms with Gasteiger partial charge in [-0.2, -0.15) is 0 Å². The van der Waals surface area contributed by atoms with E-state index < -0.39 is 11.4 Å². The first-order valence-corrected chi connectivity index (χ1v) is 8.00. The van der Waals surface area contributed by atoms with Crippen LogP contribution in [0, 0.1) is 5.41 Å². The number of carbonyl (C=O) groups is 2. The molecule has 4 nitrogen and oxygen atoms in total. The van der Waals surface area contributed by atoms with Gasteiger partial charge in [-0.15, -0.1) is 0 Å². The second kappa shape index (κ2) is 6.15. The SMILES string of the molecule is CC1(NC(=O)CC2(C(=O)O)CCCCCC2)CCCC1. The van der Waals surface area contributed by atoms with Crippen LogP contribution in [0.25, 0.3) is 0 Å². The molecule has 114 valence electrons. The quantitative estimate of drug-likeness (QED) is 0.777. The van der Waals surface area contributed by atoms with Crippen molar-refractivity contribution in [2.75, 3.05) is 0 Å². The first-order valence-electron chi connectivity index (χ1n) is 8.00. The van der Waals surface area contributed by atoms with E-state index in [1.807, 2.05) is 0 Å². The molecule has 0 aliphatic heterocycles. The number of rotatable bonds is 4. The van der Waals surface area contributed by atoms with Crippen LogP contribution < -0.4 is 5.32 Å². The zero-order valence-corrected chi connectivity index (χ0v) is 12.5. The van der Waals surface area contributed by atoms with Gasteiger partial charge in [0.05, 0.1) is 5.41 Å². The molecule has 0 aromatic heterocycles. The van der Waals surface area contributed by atoms with Crippen molar-refractivity contribution in [1.29, 1.82) is 0 Å². The summed E-state index contributed by atoms with van der Waals surface area (Å²) in [5.74, 6) is -0.857. The molecular weight excluding hydrogens is 254 g/mol. The van der Waals surface area contributed by atoms with Crippen LogP contribution in [0.3, 0.4) is 0 Å². The van der Waals surface area contributed by atoms with Crippen molar-refractivity contribution in [3.63, 3.8) is 0 Å². The predicted molar refractivity (Wildman–Crippen MR) is 77.4 cm³/mol. The Morgan fingerprint density at radius 2 is 1.45 bits per heavy atom. The minimum Gasteiger partial charge on any atom is -0.481 e. The van der Waals surface area contributed by atoms with Gasteiger partial charge < -0.3 is 10.4 Å². The molecule has 0 bridgehead atoms. The Kier molecular flexibility index (Phi) is 4.71. The van der Waals surface area contributed by atoms with E-state index in [1.165, 1.54) is 0 Å². The number of nitrogens with one attached hydrogen (secondary N) is 1. The smallest absolute Gasteiger partial charge is 0.310 e. The number of carboxylic acid groups (broad SMARTS) is 1. The van der Waals surface area contributed by atoms with E-state index in [4.69, 9.17) is 0 Å². The zero-order chi connectivity index (χ0) is 14.6. The van der Waals surface area contributed by atoms with E-state index in [0.29, 0.717) is 12.8 Å². The van der Waals surface area contributed by atoms with E-state index in [-0.39, 0.29) is 17.9 Å². The molecule has 2 rings (SSSR count). The number of hydrogen-bond donors (Lipinski definition) is 2. The van der Waals surface area contributed by atoms with E-state index in [1.54, 1.807) is 0 Å². The normalized spacial score (nSPS) is 24.9. The molecule has 2 fully saturated rings. The summed E-state index contributed by atoms with van der Waals surface area (Å²) in [6.45, 7) is 2.08. The fraction of sp³-hybridized carbons (Fsp3) is 0.875. The molecule has 4 heteroatoms. The van der Waals surface area contributed by atoms with Gasteiger partial charge in [-0.05, 0) is 32.6 Å². The third-order valence-electron chi connectivity index (χ3n) is 5.16. The fourth-order valence-electron chi connectivity index (χ4n) is 3.84. The molecule has 2 aliphatic rings. The lowest BCUT2D eigenvalue weighted by molar-refractivity contribution is -0.153. The monoisotopic (exact) mass is 281 g/mol. The molecule has 1 amide bonds. The van der Waals surface area contributed by atoms with Gasteiger partial charge in [-0.1, -0.05) is 38.5 Å². The average Bonchev–Trinajstić information content (AvgIpc) is 2.64. The molecule has 0 aromatic rings. The van der Waals surface area contributed by atoms with Gasteiger partial charge in [0, 0.05) is 12.0 Å². The van der Waals surface area contributed by atoms with Gasteiger partial charge >= 0.3 is 5.97 Å². The maximum atomic E-state index is 12.3. The molecule has 0 saturated heterocycles. The molecule has 2 N–H and O–H groups in total. The Balaban J connectivity index is 2.00. The minimum absolute atomic E-state index is 0.0706. The highest BCUT2D eigenvalue weighted by Gasteiger charge is 2.41. The lowest BCUT2D eigenvalue weighted by atomic mass is 9.77. The molecule has 0 spiro atoms. The van der Waals surface area contributed by atoms with E-state index in [9.17, 15) is 14.7 Å². The highest BCUT2D eigenvalue weighted by atomic mass is 16.4. The Bertz CT molecular complexity index is 364. The maximum Gasteiger partial charge on any atom is 0.310 e. The van der Waals surface area contributed by atoms with Gasteiger partial charge in [-0.25, -0.2) is 0 Å². The van der Waals surface area contributed by atoms with Crippen LogP contribution in [0.4, 0.5) is 0 Å². The molecule has 2 aliphatic carbocycles. The van der Waals surface area contributed by atoms with Crippen molar-refractivity contribution in [3.8, 4) is 0 Å². The summed E-state index contributed by atoms with van der Waals surface area (Å²) in [5, 5.41) is 12.7. The first-order chi connectivity index (χ1) is 9.46. The second-order valence-electron chi connectivity index (χ2n) is 6.99. The van der Waals surface area contributed by atoms with Gasteiger partial charge in [0.25, 0.3) is 0 Å². The number of carbonyl (C=O) groups excluding carboxylic acids is 1. The summed E-state index contributed by atoms with van der Waals surface area (Å²) in [7, 11) is 0. The Morgan fingerprint density at radius 3 is 1.95 bits per heavy atom. The van der Waals surface area contributed by atoms with E-state index in [0.717, 1.165) is 51.4 Å². The van der Waals surface area contributed by atoms with Crippen molar-refractivity contribution in [2.45, 2.75) is 83.1 Å². The molecule has 0 aromatic carbocycles. The molecule has 20 heavy (non-hydrogen) atoms. The lowest BCUT2D eigenvalue weighted by Crippen LogP contribution is -2.46. The van der Waals surface area contributed by atoms with Crippen molar-refractivity contribution in [3.05, 3.63) is 0 Å². The van der Waals surface area contributed by atoms with Gasteiger partial charge in [0.15, 0.2) is 0 Å². The summed E-state index contributed by atoms with van der Waals surface area (Å²) in [5.41, 5.74) is -0.933. The number of amides is 1. The molecule has 0 atom stereocenters. The summed E-state index contributed by atoms with van der Waals surface area (Å²) in [6, 6.07) is 0. The zero-order valence-electron chi connectivity index (χ0n) is 12.5. The van der Waals surface area contributed by atoms with Crippen molar-refractivity contribution >= 4 is 11.9 Å². The third kappa shape index (κ3) is 3.53. The lowest BCUT2D eigenvalue weighted by Gasteiger charge is -2.31. The minimum atomic E-state index is -0.824. The maximum absolute atomic E-state index is 12.3. The molecule has 0 heterocycles. The van der Waals surface area contributed by atoms with Crippen LogP contribution in [0.1, 0.15) is 77.6 Å². The highest BCUT2D eigenvalue weighted by molar-refractivity contribution is 5.85. The second-order valence-corrected chi connectivity index (χ2v) is 6.99. The fourth-order valence-corrected chi connectivity index (χ4v) is 3.84.